The highest BCUT2D eigenvalue weighted by molar-refractivity contribution is 7.83. The SMILES string of the molecule is CC(c1cc2ccccc2o1)N(C)C(=O)c1cccc(CS(C)=O)c1. The van der Waals surface area contributed by atoms with Crippen molar-refractivity contribution in [2.45, 2.75) is 18.7 Å². The van der Waals surface area contributed by atoms with Crippen molar-refractivity contribution in [2.24, 2.45) is 0 Å². The van der Waals surface area contributed by atoms with Gasteiger partial charge in [0.1, 0.15) is 11.3 Å². The highest BCUT2D eigenvalue weighted by Crippen LogP contribution is 2.27. The molecule has 0 aliphatic rings. The van der Waals surface area contributed by atoms with Gasteiger partial charge in [0.25, 0.3) is 5.91 Å². The quantitative estimate of drug-likeness (QED) is 0.691. The van der Waals surface area contributed by atoms with Gasteiger partial charge in [0.15, 0.2) is 0 Å². The predicted octanol–water partition coefficient (Wildman–Crippen LogP) is 4.14. The van der Waals surface area contributed by atoms with E-state index in [0.717, 1.165) is 22.3 Å². The van der Waals surface area contributed by atoms with Gasteiger partial charge in [-0.2, -0.15) is 0 Å². The van der Waals surface area contributed by atoms with Crippen molar-refractivity contribution in [3.8, 4) is 0 Å². The summed E-state index contributed by atoms with van der Waals surface area (Å²) in [5.41, 5.74) is 2.31. The number of para-hydroxylation sites is 1. The molecule has 5 heteroatoms. The average Bonchev–Trinajstić information content (AvgIpc) is 3.03. The first-order valence-corrected chi connectivity index (χ1v) is 9.83. The molecular formula is C20H21NO3S. The fourth-order valence-corrected chi connectivity index (χ4v) is 3.46. The predicted molar refractivity (Wildman–Crippen MR) is 101 cm³/mol. The molecule has 0 fully saturated rings. The zero-order valence-corrected chi connectivity index (χ0v) is 15.4. The molecule has 2 aromatic carbocycles. The lowest BCUT2D eigenvalue weighted by Gasteiger charge is -2.23. The number of amides is 1. The Kier molecular flexibility index (Phi) is 5.04. The molecule has 25 heavy (non-hydrogen) atoms. The molecule has 1 amide bonds. The van der Waals surface area contributed by atoms with Crippen LogP contribution in [0.25, 0.3) is 11.0 Å². The van der Waals surface area contributed by atoms with Crippen LogP contribution in [0.3, 0.4) is 0 Å². The van der Waals surface area contributed by atoms with E-state index in [4.69, 9.17) is 4.42 Å². The number of carbonyl (C=O) groups is 1. The fraction of sp³-hybridized carbons (Fsp3) is 0.250. The van der Waals surface area contributed by atoms with Crippen molar-refractivity contribution in [2.75, 3.05) is 13.3 Å². The molecule has 0 bridgehead atoms. The monoisotopic (exact) mass is 355 g/mol. The molecule has 0 saturated carbocycles. The third-order valence-corrected chi connectivity index (χ3v) is 5.04. The Balaban J connectivity index is 1.82. The topological polar surface area (TPSA) is 50.5 Å². The van der Waals surface area contributed by atoms with Crippen molar-refractivity contribution >= 4 is 27.7 Å². The molecule has 3 rings (SSSR count). The van der Waals surface area contributed by atoms with Gasteiger partial charge in [0, 0.05) is 40.8 Å². The Morgan fingerprint density at radius 1 is 1.16 bits per heavy atom. The van der Waals surface area contributed by atoms with Crippen LogP contribution in [0.15, 0.2) is 59.0 Å². The van der Waals surface area contributed by atoms with Crippen molar-refractivity contribution in [1.29, 1.82) is 0 Å². The third-order valence-electron chi connectivity index (χ3n) is 4.30. The van der Waals surface area contributed by atoms with Crippen molar-refractivity contribution < 1.29 is 13.4 Å². The summed E-state index contributed by atoms with van der Waals surface area (Å²) in [6.45, 7) is 1.95. The summed E-state index contributed by atoms with van der Waals surface area (Å²) in [7, 11) is 0.832. The number of nitrogens with zero attached hydrogens (tertiary/aromatic N) is 1. The molecule has 4 nitrogen and oxygen atoms in total. The molecule has 0 radical (unpaired) electrons. The van der Waals surface area contributed by atoms with Gasteiger partial charge in [-0.3, -0.25) is 9.00 Å². The van der Waals surface area contributed by atoms with E-state index in [-0.39, 0.29) is 11.9 Å². The number of fused-ring (bicyclic) bond motifs is 1. The van der Waals surface area contributed by atoms with E-state index in [2.05, 4.69) is 0 Å². The Bertz CT molecular complexity index is 898. The third kappa shape index (κ3) is 3.82. The summed E-state index contributed by atoms with van der Waals surface area (Å²) >= 11 is 0. The second-order valence-electron chi connectivity index (χ2n) is 6.20. The molecule has 2 unspecified atom stereocenters. The maximum absolute atomic E-state index is 12.8. The van der Waals surface area contributed by atoms with Gasteiger partial charge in [0.2, 0.25) is 0 Å². The maximum Gasteiger partial charge on any atom is 0.254 e. The Morgan fingerprint density at radius 3 is 2.64 bits per heavy atom. The lowest BCUT2D eigenvalue weighted by Crippen LogP contribution is -2.29. The van der Waals surface area contributed by atoms with Crippen LogP contribution >= 0.6 is 0 Å². The molecule has 0 saturated heterocycles. The summed E-state index contributed by atoms with van der Waals surface area (Å²) in [5.74, 6) is 1.11. The first kappa shape index (κ1) is 17.4. The van der Waals surface area contributed by atoms with E-state index >= 15 is 0 Å². The molecule has 3 aromatic rings. The standard InChI is InChI=1S/C20H21NO3S/c1-14(19-12-16-8-4-5-10-18(16)24-19)21(2)20(22)17-9-6-7-15(11-17)13-25(3)23/h4-12,14H,13H2,1-3H3. The van der Waals surface area contributed by atoms with Crippen LogP contribution in [0.4, 0.5) is 0 Å². The normalized spacial score (nSPS) is 13.6. The first-order valence-electron chi connectivity index (χ1n) is 8.10. The van der Waals surface area contributed by atoms with Crippen LogP contribution in [0, 0.1) is 0 Å². The lowest BCUT2D eigenvalue weighted by atomic mass is 10.1. The minimum Gasteiger partial charge on any atom is -0.459 e. The molecular weight excluding hydrogens is 334 g/mol. The van der Waals surface area contributed by atoms with Crippen LogP contribution in [0.5, 0.6) is 0 Å². The van der Waals surface area contributed by atoms with Gasteiger partial charge in [-0.1, -0.05) is 30.3 Å². The van der Waals surface area contributed by atoms with Gasteiger partial charge in [0.05, 0.1) is 6.04 Å². The van der Waals surface area contributed by atoms with E-state index < -0.39 is 10.8 Å². The van der Waals surface area contributed by atoms with Crippen molar-refractivity contribution in [3.05, 3.63) is 71.5 Å². The van der Waals surface area contributed by atoms with E-state index in [9.17, 15) is 9.00 Å². The Hall–Kier alpha value is -2.40. The second kappa shape index (κ2) is 7.23. The first-order chi connectivity index (χ1) is 12.0. The molecule has 0 aliphatic heterocycles. The van der Waals surface area contributed by atoms with Gasteiger partial charge in [-0.25, -0.2) is 0 Å². The largest absolute Gasteiger partial charge is 0.459 e. The van der Waals surface area contributed by atoms with Crippen LogP contribution in [-0.4, -0.2) is 28.3 Å². The Labute approximate surface area is 149 Å². The molecule has 0 spiro atoms. The van der Waals surface area contributed by atoms with Crippen LogP contribution in [-0.2, 0) is 16.6 Å². The van der Waals surface area contributed by atoms with E-state index in [1.54, 1.807) is 24.3 Å². The van der Waals surface area contributed by atoms with Crippen molar-refractivity contribution in [1.82, 2.24) is 4.90 Å². The number of hydrogen-bond donors (Lipinski definition) is 0. The number of hydrogen-bond acceptors (Lipinski definition) is 3. The molecule has 1 aromatic heterocycles. The summed E-state index contributed by atoms with van der Waals surface area (Å²) in [5, 5.41) is 1.03. The van der Waals surface area contributed by atoms with E-state index in [0.29, 0.717) is 11.3 Å². The maximum atomic E-state index is 12.8. The molecule has 1 heterocycles. The zero-order chi connectivity index (χ0) is 18.0. The highest BCUT2D eigenvalue weighted by Gasteiger charge is 2.22. The minimum absolute atomic E-state index is 0.0864. The van der Waals surface area contributed by atoms with E-state index in [1.807, 2.05) is 55.5 Å². The smallest absolute Gasteiger partial charge is 0.254 e. The zero-order valence-electron chi connectivity index (χ0n) is 14.6. The summed E-state index contributed by atoms with van der Waals surface area (Å²) in [6.07, 6.45) is 1.66. The number of rotatable bonds is 5. The van der Waals surface area contributed by atoms with Gasteiger partial charge < -0.3 is 9.32 Å². The summed E-state index contributed by atoms with van der Waals surface area (Å²) in [6, 6.07) is 16.9. The minimum atomic E-state index is -0.936. The molecule has 130 valence electrons. The van der Waals surface area contributed by atoms with Crippen LogP contribution in [0.1, 0.15) is 34.6 Å². The number of carbonyl (C=O) groups excluding carboxylic acids is 1. The number of benzene rings is 2. The molecule has 0 aliphatic carbocycles. The average molecular weight is 355 g/mol. The fourth-order valence-electron chi connectivity index (χ4n) is 2.81. The Morgan fingerprint density at radius 2 is 1.92 bits per heavy atom. The highest BCUT2D eigenvalue weighted by atomic mass is 32.2. The second-order valence-corrected chi connectivity index (χ2v) is 7.63. The molecule has 0 N–H and O–H groups in total. The lowest BCUT2D eigenvalue weighted by molar-refractivity contribution is 0.0727. The van der Waals surface area contributed by atoms with Gasteiger partial charge in [-0.15, -0.1) is 0 Å². The van der Waals surface area contributed by atoms with E-state index in [1.165, 1.54) is 0 Å². The van der Waals surface area contributed by atoms with Crippen LogP contribution < -0.4 is 0 Å². The van der Waals surface area contributed by atoms with Crippen molar-refractivity contribution in [3.63, 3.8) is 0 Å². The summed E-state index contributed by atoms with van der Waals surface area (Å²) in [4.78, 5) is 14.5. The molecule has 2 atom stereocenters. The van der Waals surface area contributed by atoms with Gasteiger partial charge in [-0.05, 0) is 36.8 Å². The van der Waals surface area contributed by atoms with Gasteiger partial charge >= 0.3 is 0 Å². The summed E-state index contributed by atoms with van der Waals surface area (Å²) < 4.78 is 17.3. The number of furan rings is 1. The van der Waals surface area contributed by atoms with Crippen LogP contribution in [0.2, 0.25) is 0 Å².